The van der Waals surface area contributed by atoms with Gasteiger partial charge in [-0.1, -0.05) is 94.8 Å². The highest BCUT2D eigenvalue weighted by Crippen LogP contribution is 2.44. The van der Waals surface area contributed by atoms with Crippen LogP contribution < -0.4 is 4.90 Å². The molecule has 0 radical (unpaired) electrons. The second kappa shape index (κ2) is 9.47. The van der Waals surface area contributed by atoms with Gasteiger partial charge in [0.1, 0.15) is 0 Å². The van der Waals surface area contributed by atoms with Crippen LogP contribution in [0.25, 0.3) is 6.08 Å². The molecule has 1 aliphatic heterocycles. The highest BCUT2D eigenvalue weighted by Gasteiger charge is 2.50. The van der Waals surface area contributed by atoms with E-state index in [4.69, 9.17) is 0 Å². The Morgan fingerprint density at radius 2 is 1.66 bits per heavy atom. The van der Waals surface area contributed by atoms with Gasteiger partial charge in [-0.15, -0.1) is 0 Å². The summed E-state index contributed by atoms with van der Waals surface area (Å²) in [5, 5.41) is 11.4. The van der Waals surface area contributed by atoms with Crippen molar-refractivity contribution in [2.24, 2.45) is 0 Å². The molecule has 4 nitrogen and oxygen atoms in total. The smallest absolute Gasteiger partial charge is 0.264 e. The molecule has 0 saturated heterocycles. The first-order valence-electron chi connectivity index (χ1n) is 10.3. The largest absolute Gasteiger partial charge is 0.375 e. The Morgan fingerprint density at radius 3 is 2.38 bits per heavy atom. The molecule has 32 heavy (non-hydrogen) atoms. The van der Waals surface area contributed by atoms with E-state index in [-0.39, 0.29) is 12.2 Å². The number of carbonyl (C=O) groups is 2. The Kier molecular flexibility index (Phi) is 6.49. The van der Waals surface area contributed by atoms with Crippen LogP contribution in [0.3, 0.4) is 0 Å². The van der Waals surface area contributed by atoms with Crippen molar-refractivity contribution in [3.8, 4) is 0 Å². The summed E-state index contributed by atoms with van der Waals surface area (Å²) in [6.07, 6.45) is 6.34. The SMILES string of the molecule is O=C(/C=C/C=C/c1ccccc1)C[C@@]1(O)C(=O)N(Cc2ccccc2)c2ccc(Br)cc21. The number of halogens is 1. The Morgan fingerprint density at radius 1 is 0.969 bits per heavy atom. The number of hydrogen-bond acceptors (Lipinski definition) is 3. The second-order valence-electron chi connectivity index (χ2n) is 7.67. The van der Waals surface area contributed by atoms with E-state index in [2.05, 4.69) is 15.9 Å². The van der Waals surface area contributed by atoms with Crippen LogP contribution in [0.1, 0.15) is 23.1 Å². The van der Waals surface area contributed by atoms with Gasteiger partial charge in [-0.3, -0.25) is 9.59 Å². The normalized spacial score (nSPS) is 17.9. The highest BCUT2D eigenvalue weighted by molar-refractivity contribution is 9.10. The molecule has 3 aromatic carbocycles. The van der Waals surface area contributed by atoms with Crippen molar-refractivity contribution < 1.29 is 14.7 Å². The van der Waals surface area contributed by atoms with E-state index in [1.807, 2.05) is 72.8 Å². The topological polar surface area (TPSA) is 57.6 Å². The molecule has 0 aliphatic carbocycles. The average molecular weight is 488 g/mol. The summed E-state index contributed by atoms with van der Waals surface area (Å²) in [7, 11) is 0. The van der Waals surface area contributed by atoms with Crippen LogP contribution in [0.2, 0.25) is 0 Å². The third kappa shape index (κ3) is 4.64. The van der Waals surface area contributed by atoms with Crippen molar-refractivity contribution in [3.63, 3.8) is 0 Å². The number of allylic oxidation sites excluding steroid dienone is 3. The van der Waals surface area contributed by atoms with Crippen molar-refractivity contribution in [1.29, 1.82) is 0 Å². The predicted octanol–water partition coefficient (Wildman–Crippen LogP) is 5.41. The third-order valence-electron chi connectivity index (χ3n) is 5.39. The molecule has 0 unspecified atom stereocenters. The molecule has 0 aromatic heterocycles. The number of anilines is 1. The number of aliphatic hydroxyl groups is 1. The van der Waals surface area contributed by atoms with Gasteiger partial charge in [-0.2, -0.15) is 0 Å². The summed E-state index contributed by atoms with van der Waals surface area (Å²) in [5.41, 5.74) is 1.11. The summed E-state index contributed by atoms with van der Waals surface area (Å²) in [6.45, 7) is 0.320. The van der Waals surface area contributed by atoms with E-state index in [1.165, 1.54) is 6.08 Å². The number of ketones is 1. The van der Waals surface area contributed by atoms with Crippen molar-refractivity contribution in [3.05, 3.63) is 118 Å². The van der Waals surface area contributed by atoms with Crippen LogP contribution in [-0.2, 0) is 21.7 Å². The lowest BCUT2D eigenvalue weighted by atomic mass is 9.90. The van der Waals surface area contributed by atoms with E-state index >= 15 is 0 Å². The maximum atomic E-state index is 13.3. The molecule has 3 aromatic rings. The molecule has 5 heteroatoms. The lowest BCUT2D eigenvalue weighted by molar-refractivity contribution is -0.140. The molecule has 1 N–H and O–H groups in total. The Labute approximate surface area is 195 Å². The summed E-state index contributed by atoms with van der Waals surface area (Å²) >= 11 is 3.41. The van der Waals surface area contributed by atoms with Crippen molar-refractivity contribution in [2.75, 3.05) is 4.90 Å². The zero-order valence-corrected chi connectivity index (χ0v) is 18.9. The molecule has 0 fully saturated rings. The first-order chi connectivity index (χ1) is 15.5. The number of fused-ring (bicyclic) bond motifs is 1. The number of amides is 1. The first kappa shape index (κ1) is 21.9. The molecule has 0 saturated carbocycles. The van der Waals surface area contributed by atoms with E-state index in [1.54, 1.807) is 29.2 Å². The van der Waals surface area contributed by atoms with Gasteiger partial charge in [-0.05, 0) is 35.4 Å². The minimum Gasteiger partial charge on any atom is -0.375 e. The number of hydrogen-bond donors (Lipinski definition) is 1. The summed E-state index contributed by atoms with van der Waals surface area (Å²) < 4.78 is 0.734. The van der Waals surface area contributed by atoms with Gasteiger partial charge in [0.15, 0.2) is 11.4 Å². The Balaban J connectivity index is 1.55. The molecule has 4 rings (SSSR count). The van der Waals surface area contributed by atoms with Gasteiger partial charge in [0.05, 0.1) is 18.7 Å². The molecule has 0 bridgehead atoms. The van der Waals surface area contributed by atoms with Gasteiger partial charge in [0.25, 0.3) is 5.91 Å². The van der Waals surface area contributed by atoms with E-state index in [0.29, 0.717) is 17.8 Å². The zero-order valence-electron chi connectivity index (χ0n) is 17.3. The number of nitrogens with zero attached hydrogens (tertiary/aromatic N) is 1. The second-order valence-corrected chi connectivity index (χ2v) is 8.59. The van der Waals surface area contributed by atoms with Crippen molar-refractivity contribution in [2.45, 2.75) is 18.6 Å². The van der Waals surface area contributed by atoms with Gasteiger partial charge in [0.2, 0.25) is 0 Å². The van der Waals surface area contributed by atoms with E-state index < -0.39 is 11.5 Å². The van der Waals surface area contributed by atoms with Crippen LogP contribution in [0.4, 0.5) is 5.69 Å². The molecule has 160 valence electrons. The molecule has 0 spiro atoms. The van der Waals surface area contributed by atoms with Gasteiger partial charge in [-0.25, -0.2) is 0 Å². The maximum absolute atomic E-state index is 13.3. The molecular formula is C27H22BrNO3. The minimum atomic E-state index is -1.90. The number of rotatable bonds is 7. The van der Waals surface area contributed by atoms with E-state index in [0.717, 1.165) is 15.6 Å². The van der Waals surface area contributed by atoms with E-state index in [9.17, 15) is 14.7 Å². The molecule has 1 amide bonds. The fourth-order valence-corrected chi connectivity index (χ4v) is 4.18. The average Bonchev–Trinajstić information content (AvgIpc) is 2.99. The molecular weight excluding hydrogens is 466 g/mol. The maximum Gasteiger partial charge on any atom is 0.264 e. The first-order valence-corrected chi connectivity index (χ1v) is 11.1. The third-order valence-corrected chi connectivity index (χ3v) is 5.88. The van der Waals surface area contributed by atoms with Crippen LogP contribution in [0, 0.1) is 0 Å². The fourth-order valence-electron chi connectivity index (χ4n) is 3.82. The van der Waals surface area contributed by atoms with Crippen molar-refractivity contribution >= 4 is 39.4 Å². The van der Waals surface area contributed by atoms with Crippen molar-refractivity contribution in [1.82, 2.24) is 0 Å². The lowest BCUT2D eigenvalue weighted by Crippen LogP contribution is -2.41. The zero-order chi connectivity index (χ0) is 22.6. The van der Waals surface area contributed by atoms with Crippen LogP contribution in [0.5, 0.6) is 0 Å². The van der Waals surface area contributed by atoms with Gasteiger partial charge >= 0.3 is 0 Å². The van der Waals surface area contributed by atoms with Crippen LogP contribution in [0.15, 0.2) is 102 Å². The van der Waals surface area contributed by atoms with Gasteiger partial charge in [0, 0.05) is 10.0 Å². The standard InChI is InChI=1S/C27H22BrNO3/c28-22-15-16-25-24(17-22)27(32,26(31)29(25)19-21-12-5-2-6-13-21)18-23(30)14-8-7-11-20-9-3-1-4-10-20/h1-17,32H,18-19H2/b11-7+,14-8+/t27-/m0/s1. The summed E-state index contributed by atoms with van der Waals surface area (Å²) in [4.78, 5) is 27.5. The minimum absolute atomic E-state index is 0.320. The lowest BCUT2D eigenvalue weighted by Gasteiger charge is -2.22. The molecule has 1 aliphatic rings. The van der Waals surface area contributed by atoms with Crippen LogP contribution in [-0.4, -0.2) is 16.8 Å². The number of benzene rings is 3. The monoisotopic (exact) mass is 487 g/mol. The quantitative estimate of drug-likeness (QED) is 0.357. The summed E-state index contributed by atoms with van der Waals surface area (Å²) in [5.74, 6) is -0.818. The molecule has 1 atom stereocenters. The van der Waals surface area contributed by atoms with Crippen LogP contribution >= 0.6 is 15.9 Å². The van der Waals surface area contributed by atoms with Gasteiger partial charge < -0.3 is 10.0 Å². The predicted molar refractivity (Wildman–Crippen MR) is 130 cm³/mol. The number of carbonyl (C=O) groups excluding carboxylic acids is 2. The highest BCUT2D eigenvalue weighted by atomic mass is 79.9. The Bertz CT molecular complexity index is 1190. The fraction of sp³-hybridized carbons (Fsp3) is 0.111. The summed E-state index contributed by atoms with van der Waals surface area (Å²) in [6, 6.07) is 24.6. The molecule has 1 heterocycles. The Hall–Kier alpha value is -3.28.